The summed E-state index contributed by atoms with van der Waals surface area (Å²) in [4.78, 5) is 10.6. The lowest BCUT2D eigenvalue weighted by Gasteiger charge is -2.14. The van der Waals surface area contributed by atoms with E-state index in [1.54, 1.807) is 6.07 Å². The van der Waals surface area contributed by atoms with Gasteiger partial charge in [-0.25, -0.2) is 0 Å². The fourth-order valence-corrected chi connectivity index (χ4v) is 1.23. The van der Waals surface area contributed by atoms with Crippen molar-refractivity contribution in [1.29, 1.82) is 5.26 Å². The molecule has 0 fully saturated rings. The summed E-state index contributed by atoms with van der Waals surface area (Å²) in [5.74, 6) is -1.17. The van der Waals surface area contributed by atoms with Gasteiger partial charge in [-0.2, -0.15) is 18.4 Å². The van der Waals surface area contributed by atoms with Crippen LogP contribution in [0.2, 0.25) is 0 Å². The summed E-state index contributed by atoms with van der Waals surface area (Å²) in [6.45, 7) is 1.32. The molecule has 1 rings (SSSR count). The Balaban J connectivity index is 3.10. The van der Waals surface area contributed by atoms with Crippen LogP contribution in [-0.4, -0.2) is 17.1 Å². The molecule has 0 aromatic heterocycles. The largest absolute Gasteiger partial charge is 0.480 e. The lowest BCUT2D eigenvalue weighted by atomic mass is 10.1. The minimum Gasteiger partial charge on any atom is -0.480 e. The monoisotopic (exact) mass is 258 g/mol. The van der Waals surface area contributed by atoms with Crippen molar-refractivity contribution in [3.63, 3.8) is 0 Å². The number of carbonyl (C=O) groups is 1. The van der Waals surface area contributed by atoms with Crippen LogP contribution in [0.3, 0.4) is 0 Å². The van der Waals surface area contributed by atoms with Gasteiger partial charge in [-0.3, -0.25) is 4.79 Å². The first-order valence-electron chi connectivity index (χ1n) is 4.86. The highest BCUT2D eigenvalue weighted by molar-refractivity contribution is 5.77. The van der Waals surface area contributed by atoms with Gasteiger partial charge in [0.05, 0.1) is 16.8 Å². The van der Waals surface area contributed by atoms with Crippen molar-refractivity contribution in [3.8, 4) is 6.07 Å². The van der Waals surface area contributed by atoms with E-state index in [0.717, 1.165) is 12.1 Å². The van der Waals surface area contributed by atoms with E-state index in [4.69, 9.17) is 10.4 Å². The molecular formula is C11H9F3N2O2. The molecular weight excluding hydrogens is 249 g/mol. The van der Waals surface area contributed by atoms with Crippen molar-refractivity contribution in [2.24, 2.45) is 0 Å². The molecule has 0 saturated heterocycles. The van der Waals surface area contributed by atoms with E-state index >= 15 is 0 Å². The van der Waals surface area contributed by atoms with Gasteiger partial charge in [-0.15, -0.1) is 0 Å². The Morgan fingerprint density at radius 1 is 1.50 bits per heavy atom. The number of nitrogens with one attached hydrogen (secondary N) is 1. The second-order valence-corrected chi connectivity index (χ2v) is 3.57. The van der Waals surface area contributed by atoms with Gasteiger partial charge < -0.3 is 10.4 Å². The Kier molecular flexibility index (Phi) is 3.81. The van der Waals surface area contributed by atoms with Crippen molar-refractivity contribution in [2.75, 3.05) is 5.32 Å². The summed E-state index contributed by atoms with van der Waals surface area (Å²) < 4.78 is 37.2. The SMILES string of the molecule is CC(Nc1ccc(C(F)(F)F)cc1C#N)C(=O)O. The molecule has 1 atom stereocenters. The van der Waals surface area contributed by atoms with E-state index in [9.17, 15) is 18.0 Å². The van der Waals surface area contributed by atoms with Crippen LogP contribution >= 0.6 is 0 Å². The number of anilines is 1. The van der Waals surface area contributed by atoms with E-state index in [1.165, 1.54) is 6.92 Å². The van der Waals surface area contributed by atoms with Crippen molar-refractivity contribution in [2.45, 2.75) is 19.1 Å². The minimum absolute atomic E-state index is 0.0559. The van der Waals surface area contributed by atoms with Crippen LogP contribution in [0.5, 0.6) is 0 Å². The molecule has 0 spiro atoms. The predicted molar refractivity (Wildman–Crippen MR) is 56.9 cm³/mol. The quantitative estimate of drug-likeness (QED) is 0.873. The molecule has 0 amide bonds. The number of rotatable bonds is 3. The molecule has 2 N–H and O–H groups in total. The number of alkyl halides is 3. The Morgan fingerprint density at radius 2 is 2.11 bits per heavy atom. The highest BCUT2D eigenvalue weighted by atomic mass is 19.4. The zero-order valence-corrected chi connectivity index (χ0v) is 9.25. The van der Waals surface area contributed by atoms with Crippen molar-refractivity contribution in [1.82, 2.24) is 0 Å². The molecule has 0 aliphatic rings. The van der Waals surface area contributed by atoms with Crippen molar-refractivity contribution >= 4 is 11.7 Å². The number of halogens is 3. The number of aliphatic carboxylic acids is 1. The molecule has 0 aliphatic heterocycles. The Hall–Kier alpha value is -2.23. The molecule has 0 saturated carbocycles. The van der Waals surface area contributed by atoms with Gasteiger partial charge in [0.2, 0.25) is 0 Å². The van der Waals surface area contributed by atoms with Crippen LogP contribution in [0.1, 0.15) is 18.1 Å². The third kappa shape index (κ3) is 3.13. The molecule has 4 nitrogen and oxygen atoms in total. The van der Waals surface area contributed by atoms with Crippen LogP contribution in [-0.2, 0) is 11.0 Å². The summed E-state index contributed by atoms with van der Waals surface area (Å²) in [5.41, 5.74) is -1.15. The molecule has 0 aliphatic carbocycles. The lowest BCUT2D eigenvalue weighted by Crippen LogP contribution is -2.25. The van der Waals surface area contributed by atoms with E-state index in [0.29, 0.717) is 6.07 Å². The molecule has 96 valence electrons. The van der Waals surface area contributed by atoms with E-state index in [-0.39, 0.29) is 11.3 Å². The van der Waals surface area contributed by atoms with Crippen LogP contribution < -0.4 is 5.32 Å². The standard InChI is InChI=1S/C11H9F3N2O2/c1-6(10(17)18)16-9-3-2-8(11(12,13)14)4-7(9)5-15/h2-4,6,16H,1H3,(H,17,18). The smallest absolute Gasteiger partial charge is 0.416 e. The van der Waals surface area contributed by atoms with Gasteiger partial charge in [-0.1, -0.05) is 0 Å². The fraction of sp³-hybridized carbons (Fsp3) is 0.273. The van der Waals surface area contributed by atoms with Gasteiger partial charge in [0.1, 0.15) is 12.1 Å². The summed E-state index contributed by atoms with van der Waals surface area (Å²) in [6.07, 6.45) is -4.54. The first kappa shape index (κ1) is 13.8. The number of hydrogen-bond acceptors (Lipinski definition) is 3. The number of nitriles is 1. The zero-order valence-electron chi connectivity index (χ0n) is 9.25. The van der Waals surface area contributed by atoms with Gasteiger partial charge in [0, 0.05) is 0 Å². The average Bonchev–Trinajstić information content (AvgIpc) is 2.27. The third-order valence-corrected chi connectivity index (χ3v) is 2.21. The van der Waals surface area contributed by atoms with Gasteiger partial charge >= 0.3 is 12.1 Å². The Labute approximate surface area is 101 Å². The summed E-state index contributed by atoms with van der Waals surface area (Å²) in [7, 11) is 0. The molecule has 0 bridgehead atoms. The van der Waals surface area contributed by atoms with Crippen LogP contribution in [0.15, 0.2) is 18.2 Å². The summed E-state index contributed by atoms with van der Waals surface area (Å²) in [5, 5.41) is 19.9. The molecule has 7 heteroatoms. The van der Waals surface area contributed by atoms with Gasteiger partial charge in [0.25, 0.3) is 0 Å². The highest BCUT2D eigenvalue weighted by Gasteiger charge is 2.31. The highest BCUT2D eigenvalue weighted by Crippen LogP contribution is 2.31. The molecule has 1 unspecified atom stereocenters. The maximum atomic E-state index is 12.4. The number of carboxylic acid groups (broad SMARTS) is 1. The molecule has 0 radical (unpaired) electrons. The van der Waals surface area contributed by atoms with E-state index < -0.39 is 23.8 Å². The summed E-state index contributed by atoms with van der Waals surface area (Å²) >= 11 is 0. The van der Waals surface area contributed by atoms with E-state index in [2.05, 4.69) is 5.32 Å². The zero-order chi connectivity index (χ0) is 13.9. The van der Waals surface area contributed by atoms with Crippen LogP contribution in [0, 0.1) is 11.3 Å². The van der Waals surface area contributed by atoms with Crippen molar-refractivity contribution in [3.05, 3.63) is 29.3 Å². The maximum Gasteiger partial charge on any atom is 0.416 e. The topological polar surface area (TPSA) is 73.1 Å². The number of carboxylic acids is 1. The van der Waals surface area contributed by atoms with Gasteiger partial charge in [-0.05, 0) is 25.1 Å². The second-order valence-electron chi connectivity index (χ2n) is 3.57. The molecule has 0 heterocycles. The second kappa shape index (κ2) is 4.96. The molecule has 18 heavy (non-hydrogen) atoms. The Morgan fingerprint density at radius 3 is 2.56 bits per heavy atom. The fourth-order valence-electron chi connectivity index (χ4n) is 1.23. The minimum atomic E-state index is -4.54. The van der Waals surface area contributed by atoms with Crippen LogP contribution in [0.4, 0.5) is 18.9 Å². The number of hydrogen-bond donors (Lipinski definition) is 2. The molecule has 1 aromatic rings. The normalized spacial score (nSPS) is 12.6. The number of nitrogens with zero attached hydrogens (tertiary/aromatic N) is 1. The van der Waals surface area contributed by atoms with Crippen LogP contribution in [0.25, 0.3) is 0 Å². The lowest BCUT2D eigenvalue weighted by molar-refractivity contribution is -0.138. The van der Waals surface area contributed by atoms with E-state index in [1.807, 2.05) is 0 Å². The maximum absolute atomic E-state index is 12.4. The summed E-state index contributed by atoms with van der Waals surface area (Å²) in [6, 6.07) is 3.10. The van der Waals surface area contributed by atoms with Crippen molar-refractivity contribution < 1.29 is 23.1 Å². The first-order valence-corrected chi connectivity index (χ1v) is 4.86. The predicted octanol–water partition coefficient (Wildman–Crippen LogP) is 2.46. The third-order valence-electron chi connectivity index (χ3n) is 2.21. The first-order chi connectivity index (χ1) is 8.25. The molecule has 1 aromatic carbocycles. The van der Waals surface area contributed by atoms with Gasteiger partial charge in [0.15, 0.2) is 0 Å². The Bertz CT molecular complexity index is 506. The average molecular weight is 258 g/mol. The number of benzene rings is 1.